The number of hydrogen-bond donors (Lipinski definition) is 0. The van der Waals surface area contributed by atoms with Crippen molar-refractivity contribution < 1.29 is 0 Å². The molecule has 0 radical (unpaired) electrons. The van der Waals surface area contributed by atoms with Crippen LogP contribution in [-0.4, -0.2) is 0 Å². The molecule has 0 nitrogen and oxygen atoms in total. The van der Waals surface area contributed by atoms with Crippen molar-refractivity contribution in [3.05, 3.63) is 36.0 Å². The lowest BCUT2D eigenvalue weighted by Gasteiger charge is -2.41. The zero-order valence-electron chi connectivity index (χ0n) is 11.0. The minimum absolute atomic E-state index is 0.463. The van der Waals surface area contributed by atoms with E-state index in [0.29, 0.717) is 5.41 Å². The molecule has 0 bridgehead atoms. The first-order valence-corrected chi connectivity index (χ1v) is 6.47. The Hall–Kier alpha value is -0.780. The maximum Gasteiger partial charge on any atom is -0.00530 e. The molecule has 2 aliphatic rings. The highest BCUT2D eigenvalue weighted by Crippen LogP contribution is 2.56. The van der Waals surface area contributed by atoms with E-state index in [9.17, 15) is 0 Å². The summed E-state index contributed by atoms with van der Waals surface area (Å²) < 4.78 is 0. The summed E-state index contributed by atoms with van der Waals surface area (Å²) in [5.74, 6) is 1.51. The van der Waals surface area contributed by atoms with Crippen LogP contribution in [0.15, 0.2) is 36.0 Å². The van der Waals surface area contributed by atoms with E-state index in [0.717, 1.165) is 11.8 Å². The molecule has 0 aromatic carbocycles. The van der Waals surface area contributed by atoms with Gasteiger partial charge in [0, 0.05) is 0 Å². The van der Waals surface area contributed by atoms with Crippen LogP contribution < -0.4 is 0 Å². The smallest absolute Gasteiger partial charge is 0.00530 e. The number of hydrogen-bond acceptors (Lipinski definition) is 0. The first-order chi connectivity index (χ1) is 7.45. The predicted octanol–water partition coefficient (Wildman–Crippen LogP) is 4.89. The number of allylic oxidation sites excluding steroid dienone is 4. The molecule has 88 valence electrons. The van der Waals surface area contributed by atoms with Crippen LogP contribution in [0.4, 0.5) is 0 Å². The van der Waals surface area contributed by atoms with Gasteiger partial charge in [0.2, 0.25) is 0 Å². The summed E-state index contributed by atoms with van der Waals surface area (Å²) in [7, 11) is 0. The lowest BCUT2D eigenvalue weighted by Crippen LogP contribution is -2.30. The molecule has 0 heterocycles. The second-order valence-corrected chi connectivity index (χ2v) is 6.03. The van der Waals surface area contributed by atoms with Crippen molar-refractivity contribution in [1.82, 2.24) is 0 Å². The Balaban J connectivity index is 2.29. The van der Waals surface area contributed by atoms with E-state index in [1.807, 2.05) is 0 Å². The third-order valence-corrected chi connectivity index (χ3v) is 4.96. The van der Waals surface area contributed by atoms with Crippen LogP contribution in [0.25, 0.3) is 0 Å². The monoisotopic (exact) mass is 216 g/mol. The molecule has 0 heteroatoms. The van der Waals surface area contributed by atoms with Crippen molar-refractivity contribution in [1.29, 1.82) is 0 Å². The van der Waals surface area contributed by atoms with Gasteiger partial charge in [-0.1, -0.05) is 42.9 Å². The Morgan fingerprint density at radius 2 is 2.19 bits per heavy atom. The van der Waals surface area contributed by atoms with Gasteiger partial charge in [-0.15, -0.1) is 0 Å². The first-order valence-electron chi connectivity index (χ1n) is 6.47. The van der Waals surface area contributed by atoms with Crippen LogP contribution in [0.1, 0.15) is 46.5 Å². The van der Waals surface area contributed by atoms with E-state index in [2.05, 4.69) is 40.0 Å². The summed E-state index contributed by atoms with van der Waals surface area (Å²) in [6, 6.07) is 0. The molecule has 0 aromatic heterocycles. The van der Waals surface area contributed by atoms with Crippen molar-refractivity contribution in [2.75, 3.05) is 0 Å². The lowest BCUT2D eigenvalue weighted by atomic mass is 9.64. The molecule has 0 unspecified atom stereocenters. The molecule has 0 aromatic rings. The molecular formula is C16H24. The maximum atomic E-state index is 4.14. The Kier molecular flexibility index (Phi) is 2.86. The van der Waals surface area contributed by atoms with Gasteiger partial charge in [-0.25, -0.2) is 0 Å². The molecule has 16 heavy (non-hydrogen) atoms. The Labute approximate surface area is 100 Å². The Bertz CT molecular complexity index is 358. The summed E-state index contributed by atoms with van der Waals surface area (Å²) in [4.78, 5) is 0. The van der Waals surface area contributed by atoms with E-state index in [1.165, 1.54) is 36.8 Å². The molecule has 0 aliphatic heterocycles. The van der Waals surface area contributed by atoms with Crippen LogP contribution in [0, 0.1) is 17.3 Å². The molecule has 1 spiro atoms. The van der Waals surface area contributed by atoms with Gasteiger partial charge >= 0.3 is 0 Å². The number of rotatable bonds is 1. The minimum Gasteiger partial charge on any atom is -0.0999 e. The first kappa shape index (κ1) is 11.7. The average molecular weight is 216 g/mol. The highest BCUT2D eigenvalue weighted by Gasteiger charge is 2.45. The molecule has 1 fully saturated rings. The fraction of sp³-hybridized carbons (Fsp3) is 0.625. The van der Waals surface area contributed by atoms with Gasteiger partial charge in [0.1, 0.15) is 0 Å². The molecule has 2 rings (SSSR count). The average Bonchev–Trinajstić information content (AvgIpc) is 2.60. The van der Waals surface area contributed by atoms with Crippen molar-refractivity contribution in [3.8, 4) is 0 Å². The van der Waals surface area contributed by atoms with Crippen molar-refractivity contribution >= 4 is 0 Å². The van der Waals surface area contributed by atoms with Gasteiger partial charge in [-0.2, -0.15) is 0 Å². The van der Waals surface area contributed by atoms with E-state index >= 15 is 0 Å². The topological polar surface area (TPSA) is 0 Å². The summed E-state index contributed by atoms with van der Waals surface area (Å²) in [5.41, 5.74) is 4.72. The molecular weight excluding hydrogens is 192 g/mol. The second-order valence-electron chi connectivity index (χ2n) is 6.03. The maximum absolute atomic E-state index is 4.14. The van der Waals surface area contributed by atoms with Crippen molar-refractivity contribution in [2.45, 2.75) is 46.5 Å². The van der Waals surface area contributed by atoms with E-state index in [1.54, 1.807) is 5.57 Å². The molecule has 0 N–H and O–H groups in total. The fourth-order valence-electron chi connectivity index (χ4n) is 3.79. The van der Waals surface area contributed by atoms with Gasteiger partial charge in [0.15, 0.2) is 0 Å². The normalized spacial score (nSPS) is 38.9. The predicted molar refractivity (Wildman–Crippen MR) is 71.3 cm³/mol. The van der Waals surface area contributed by atoms with Gasteiger partial charge in [0.25, 0.3) is 0 Å². The highest BCUT2D eigenvalue weighted by atomic mass is 14.5. The fourth-order valence-corrected chi connectivity index (χ4v) is 3.79. The molecule has 0 saturated heterocycles. The van der Waals surface area contributed by atoms with Crippen LogP contribution in [-0.2, 0) is 0 Å². The van der Waals surface area contributed by atoms with E-state index in [-0.39, 0.29) is 0 Å². The minimum atomic E-state index is 0.463. The zero-order chi connectivity index (χ0) is 11.9. The van der Waals surface area contributed by atoms with E-state index < -0.39 is 0 Å². The van der Waals surface area contributed by atoms with Crippen LogP contribution in [0.2, 0.25) is 0 Å². The van der Waals surface area contributed by atoms with Gasteiger partial charge in [0.05, 0.1) is 0 Å². The Morgan fingerprint density at radius 1 is 1.50 bits per heavy atom. The highest BCUT2D eigenvalue weighted by molar-refractivity contribution is 5.32. The Morgan fingerprint density at radius 3 is 2.69 bits per heavy atom. The second kappa shape index (κ2) is 3.91. The zero-order valence-corrected chi connectivity index (χ0v) is 11.0. The quantitative estimate of drug-likeness (QED) is 0.547. The molecule has 1 saturated carbocycles. The summed E-state index contributed by atoms with van der Waals surface area (Å²) in [6.45, 7) is 15.2. The molecule has 2 aliphatic carbocycles. The standard InChI is InChI=1S/C16H24/c1-11(2)15-6-7-16(10-15)13(4)8-12(3)9-14(16)5/h8,14-15H,1,3,6-7,9-10H2,2,4-5H3/t14-,15-,16-/m1/s1. The van der Waals surface area contributed by atoms with Gasteiger partial charge < -0.3 is 0 Å². The van der Waals surface area contributed by atoms with Gasteiger partial charge in [-0.05, 0) is 56.8 Å². The van der Waals surface area contributed by atoms with Crippen LogP contribution >= 0.6 is 0 Å². The largest absolute Gasteiger partial charge is 0.0999 e. The summed E-state index contributed by atoms with van der Waals surface area (Å²) in [5, 5.41) is 0. The summed E-state index contributed by atoms with van der Waals surface area (Å²) >= 11 is 0. The van der Waals surface area contributed by atoms with Crippen molar-refractivity contribution in [3.63, 3.8) is 0 Å². The summed E-state index contributed by atoms with van der Waals surface area (Å²) in [6.07, 6.45) is 7.51. The van der Waals surface area contributed by atoms with Crippen LogP contribution in [0.5, 0.6) is 0 Å². The molecule has 3 atom stereocenters. The molecule has 0 amide bonds. The van der Waals surface area contributed by atoms with Gasteiger partial charge in [-0.3, -0.25) is 0 Å². The van der Waals surface area contributed by atoms with E-state index in [4.69, 9.17) is 0 Å². The third kappa shape index (κ3) is 1.69. The SMILES string of the molecule is C=C1C=C(C)[C@]2(CC[C@@H](C(=C)C)C2)[C@H](C)C1. The third-order valence-electron chi connectivity index (χ3n) is 4.96. The lowest BCUT2D eigenvalue weighted by molar-refractivity contribution is 0.219. The van der Waals surface area contributed by atoms with Crippen LogP contribution in [0.3, 0.4) is 0 Å². The van der Waals surface area contributed by atoms with Crippen molar-refractivity contribution in [2.24, 2.45) is 17.3 Å².